The van der Waals surface area contributed by atoms with Crippen LogP contribution in [0.3, 0.4) is 0 Å². The Morgan fingerprint density at radius 3 is 3.25 bits per heavy atom. The predicted molar refractivity (Wildman–Crippen MR) is 67.2 cm³/mol. The molecule has 1 aromatic rings. The summed E-state index contributed by atoms with van der Waals surface area (Å²) in [6, 6.07) is 0. The van der Waals surface area contributed by atoms with Gasteiger partial charge < -0.3 is 10.1 Å². The number of aryl methyl sites for hydroxylation is 1. The van der Waals surface area contributed by atoms with Crippen LogP contribution in [0.5, 0.6) is 5.19 Å². The molecule has 0 bridgehead atoms. The summed E-state index contributed by atoms with van der Waals surface area (Å²) in [5.74, 6) is 0.791. The van der Waals surface area contributed by atoms with Crippen molar-refractivity contribution in [1.29, 1.82) is 0 Å². The number of ether oxygens (including phenoxy) is 1. The Morgan fingerprint density at radius 1 is 1.62 bits per heavy atom. The van der Waals surface area contributed by atoms with Gasteiger partial charge >= 0.3 is 0 Å². The van der Waals surface area contributed by atoms with Gasteiger partial charge in [0.05, 0.1) is 12.3 Å². The lowest BCUT2D eigenvalue weighted by atomic mass is 9.97. The monoisotopic (exact) mass is 240 g/mol. The van der Waals surface area contributed by atoms with E-state index < -0.39 is 0 Å². The van der Waals surface area contributed by atoms with Crippen LogP contribution < -0.4 is 10.1 Å². The third-order valence-corrected chi connectivity index (χ3v) is 3.84. The van der Waals surface area contributed by atoms with Crippen LogP contribution in [0.4, 0.5) is 0 Å². The van der Waals surface area contributed by atoms with Crippen LogP contribution in [-0.4, -0.2) is 24.7 Å². The van der Waals surface area contributed by atoms with Gasteiger partial charge in [0, 0.05) is 5.38 Å². The van der Waals surface area contributed by atoms with E-state index in [1.54, 1.807) is 11.3 Å². The van der Waals surface area contributed by atoms with Crippen molar-refractivity contribution < 1.29 is 4.74 Å². The fraction of sp³-hybridized carbons (Fsp3) is 0.750. The highest BCUT2D eigenvalue weighted by atomic mass is 32.1. The van der Waals surface area contributed by atoms with E-state index in [1.807, 2.05) is 0 Å². The molecule has 1 saturated heterocycles. The number of aromatic nitrogens is 1. The Balaban J connectivity index is 1.66. The number of hydrogen-bond acceptors (Lipinski definition) is 4. The second kappa shape index (κ2) is 6.21. The standard InChI is InChI=1S/C12H20N2OS/c1-2-11-9-16-12(14-11)15-7-5-10-4-3-6-13-8-10/h9-10,13H,2-8H2,1H3. The minimum absolute atomic E-state index is 0.791. The second-order valence-corrected chi connectivity index (χ2v) is 5.13. The van der Waals surface area contributed by atoms with E-state index in [0.717, 1.165) is 42.8 Å². The lowest BCUT2D eigenvalue weighted by Crippen LogP contribution is -2.30. The van der Waals surface area contributed by atoms with E-state index in [-0.39, 0.29) is 0 Å². The first-order valence-electron chi connectivity index (χ1n) is 6.16. The summed E-state index contributed by atoms with van der Waals surface area (Å²) < 4.78 is 5.67. The number of hydrogen-bond donors (Lipinski definition) is 1. The zero-order valence-corrected chi connectivity index (χ0v) is 10.7. The lowest BCUT2D eigenvalue weighted by Gasteiger charge is -2.22. The summed E-state index contributed by atoms with van der Waals surface area (Å²) in [6.45, 7) is 5.26. The van der Waals surface area contributed by atoms with Gasteiger partial charge in [-0.1, -0.05) is 18.3 Å². The van der Waals surface area contributed by atoms with Crippen LogP contribution in [0.2, 0.25) is 0 Å². The van der Waals surface area contributed by atoms with E-state index in [2.05, 4.69) is 22.6 Å². The fourth-order valence-electron chi connectivity index (χ4n) is 2.00. The first-order valence-corrected chi connectivity index (χ1v) is 7.04. The van der Waals surface area contributed by atoms with Crippen LogP contribution in [0.1, 0.15) is 31.9 Å². The average Bonchev–Trinajstić information content (AvgIpc) is 2.78. The van der Waals surface area contributed by atoms with Crippen molar-refractivity contribution in [2.45, 2.75) is 32.6 Å². The highest BCUT2D eigenvalue weighted by Gasteiger charge is 2.12. The molecule has 1 fully saturated rings. The quantitative estimate of drug-likeness (QED) is 0.858. The minimum Gasteiger partial charge on any atom is -0.470 e. The maximum absolute atomic E-state index is 5.67. The molecule has 0 aliphatic carbocycles. The molecular weight excluding hydrogens is 220 g/mol. The lowest BCUT2D eigenvalue weighted by molar-refractivity contribution is 0.253. The van der Waals surface area contributed by atoms with Crippen molar-refractivity contribution in [3.8, 4) is 5.19 Å². The SMILES string of the molecule is CCc1csc(OCCC2CCCNC2)n1. The fourth-order valence-corrected chi connectivity index (χ4v) is 2.78. The summed E-state index contributed by atoms with van der Waals surface area (Å²) >= 11 is 1.61. The number of rotatable bonds is 5. The van der Waals surface area contributed by atoms with E-state index in [9.17, 15) is 0 Å². The van der Waals surface area contributed by atoms with Gasteiger partial charge in [-0.15, -0.1) is 0 Å². The van der Waals surface area contributed by atoms with Crippen molar-refractivity contribution in [2.75, 3.05) is 19.7 Å². The third kappa shape index (κ3) is 3.46. The van der Waals surface area contributed by atoms with Gasteiger partial charge in [0.25, 0.3) is 5.19 Å². The van der Waals surface area contributed by atoms with Gasteiger partial charge in [-0.2, -0.15) is 0 Å². The molecule has 0 aromatic carbocycles. The van der Waals surface area contributed by atoms with Gasteiger partial charge in [-0.25, -0.2) is 4.98 Å². The summed E-state index contributed by atoms with van der Waals surface area (Å²) in [6.07, 6.45) is 4.79. The third-order valence-electron chi connectivity index (χ3n) is 3.04. The van der Waals surface area contributed by atoms with E-state index in [0.29, 0.717) is 0 Å². The summed E-state index contributed by atoms with van der Waals surface area (Å²) in [7, 11) is 0. The normalized spacial score (nSPS) is 20.9. The van der Waals surface area contributed by atoms with Gasteiger partial charge in [0.15, 0.2) is 0 Å². The molecule has 1 aromatic heterocycles. The molecule has 1 aliphatic rings. The van der Waals surface area contributed by atoms with E-state index in [4.69, 9.17) is 4.74 Å². The molecule has 2 rings (SSSR count). The zero-order valence-electron chi connectivity index (χ0n) is 9.87. The number of piperidine rings is 1. The molecule has 16 heavy (non-hydrogen) atoms. The van der Waals surface area contributed by atoms with E-state index in [1.165, 1.54) is 19.4 Å². The van der Waals surface area contributed by atoms with Gasteiger partial charge in [-0.3, -0.25) is 0 Å². The molecule has 1 unspecified atom stereocenters. The van der Waals surface area contributed by atoms with Crippen molar-refractivity contribution in [3.63, 3.8) is 0 Å². The second-order valence-electron chi connectivity index (χ2n) is 4.31. The Labute approximate surface area is 101 Å². The molecule has 90 valence electrons. The van der Waals surface area contributed by atoms with Crippen molar-refractivity contribution >= 4 is 11.3 Å². The molecular formula is C12H20N2OS. The molecule has 3 nitrogen and oxygen atoms in total. The Bertz CT molecular complexity index is 308. The maximum atomic E-state index is 5.67. The number of thiazole rings is 1. The van der Waals surface area contributed by atoms with Crippen molar-refractivity contribution in [1.82, 2.24) is 10.3 Å². The molecule has 0 radical (unpaired) electrons. The summed E-state index contributed by atoms with van der Waals surface area (Å²) in [4.78, 5) is 4.39. The van der Waals surface area contributed by atoms with Crippen LogP contribution in [0, 0.1) is 5.92 Å². The predicted octanol–water partition coefficient (Wildman–Crippen LogP) is 2.47. The van der Waals surface area contributed by atoms with Crippen molar-refractivity contribution in [2.24, 2.45) is 5.92 Å². The Morgan fingerprint density at radius 2 is 2.56 bits per heavy atom. The number of nitrogens with one attached hydrogen (secondary N) is 1. The summed E-state index contributed by atoms with van der Waals surface area (Å²) in [5.41, 5.74) is 1.14. The Kier molecular flexibility index (Phi) is 4.60. The topological polar surface area (TPSA) is 34.1 Å². The first-order chi connectivity index (χ1) is 7.88. The molecule has 0 saturated carbocycles. The van der Waals surface area contributed by atoms with E-state index >= 15 is 0 Å². The van der Waals surface area contributed by atoms with Gasteiger partial charge in [0.2, 0.25) is 0 Å². The van der Waals surface area contributed by atoms with Gasteiger partial charge in [0.1, 0.15) is 0 Å². The molecule has 1 atom stereocenters. The molecule has 0 amide bonds. The van der Waals surface area contributed by atoms with Crippen LogP contribution in [-0.2, 0) is 6.42 Å². The Hall–Kier alpha value is -0.610. The highest BCUT2D eigenvalue weighted by Crippen LogP contribution is 2.20. The molecule has 2 heterocycles. The van der Waals surface area contributed by atoms with Crippen LogP contribution in [0.25, 0.3) is 0 Å². The van der Waals surface area contributed by atoms with Gasteiger partial charge in [-0.05, 0) is 44.7 Å². The molecule has 1 aliphatic heterocycles. The highest BCUT2D eigenvalue weighted by molar-refractivity contribution is 7.11. The van der Waals surface area contributed by atoms with Crippen LogP contribution in [0.15, 0.2) is 5.38 Å². The average molecular weight is 240 g/mol. The minimum atomic E-state index is 0.791. The molecule has 1 N–H and O–H groups in total. The summed E-state index contributed by atoms with van der Waals surface area (Å²) in [5, 5.41) is 6.34. The maximum Gasteiger partial charge on any atom is 0.273 e. The van der Waals surface area contributed by atoms with Crippen molar-refractivity contribution in [3.05, 3.63) is 11.1 Å². The number of nitrogens with zero attached hydrogens (tertiary/aromatic N) is 1. The first kappa shape index (κ1) is 11.9. The molecule has 0 spiro atoms. The van der Waals surface area contributed by atoms with Crippen LogP contribution >= 0.6 is 11.3 Å². The molecule has 4 heteroatoms. The zero-order chi connectivity index (χ0) is 11.2. The smallest absolute Gasteiger partial charge is 0.273 e. The largest absolute Gasteiger partial charge is 0.470 e.